The molecule has 3 aromatic carbocycles. The minimum Gasteiger partial charge on any atom is -0.508 e. The third kappa shape index (κ3) is 4.93. The molecule has 1 saturated heterocycles. The smallest absolute Gasteiger partial charge is 0.159 e. The minimum absolute atomic E-state index is 0.0950. The van der Waals surface area contributed by atoms with E-state index >= 15 is 0 Å². The zero-order chi connectivity index (χ0) is 22.7. The van der Waals surface area contributed by atoms with Gasteiger partial charge in [0.25, 0.3) is 0 Å². The number of aromatic hydroxyl groups is 1. The Hall–Kier alpha value is -2.95. The van der Waals surface area contributed by atoms with Gasteiger partial charge < -0.3 is 5.11 Å². The summed E-state index contributed by atoms with van der Waals surface area (Å²) in [5.74, 6) is 0.402. The Morgan fingerprint density at radius 1 is 0.875 bits per heavy atom. The van der Waals surface area contributed by atoms with Crippen LogP contribution in [-0.4, -0.2) is 45.9 Å². The summed E-state index contributed by atoms with van der Waals surface area (Å²) in [6.07, 6.45) is 0. The van der Waals surface area contributed by atoms with Gasteiger partial charge in [0, 0.05) is 37.3 Å². The molecule has 1 aliphatic rings. The van der Waals surface area contributed by atoms with Crippen LogP contribution in [0.2, 0.25) is 0 Å². The summed E-state index contributed by atoms with van der Waals surface area (Å²) in [4.78, 5) is 16.9. The molecular formula is C28H32N2O2. The quantitative estimate of drug-likeness (QED) is 0.543. The van der Waals surface area contributed by atoms with E-state index in [1.807, 2.05) is 24.3 Å². The number of rotatable bonds is 6. The lowest BCUT2D eigenvalue weighted by molar-refractivity contribution is 0.0195. The molecule has 0 spiro atoms. The molecule has 0 aromatic heterocycles. The average Bonchev–Trinajstić information content (AvgIpc) is 2.80. The number of carbonyl (C=O) groups is 1. The van der Waals surface area contributed by atoms with Gasteiger partial charge in [-0.15, -0.1) is 0 Å². The molecule has 3 aromatic rings. The topological polar surface area (TPSA) is 43.8 Å². The van der Waals surface area contributed by atoms with Crippen molar-refractivity contribution in [3.8, 4) is 5.75 Å². The Labute approximate surface area is 191 Å². The van der Waals surface area contributed by atoms with Gasteiger partial charge >= 0.3 is 0 Å². The van der Waals surface area contributed by atoms with Crippen molar-refractivity contribution in [2.45, 2.75) is 45.4 Å². The Morgan fingerprint density at radius 3 is 2.12 bits per heavy atom. The highest BCUT2D eigenvalue weighted by Gasteiger charge is 2.34. The normalized spacial score (nSPS) is 20.7. The molecule has 3 atom stereocenters. The number of Topliss-reactive ketones (excluding diaryl/α,β-unsaturated/α-hetero) is 1. The predicted molar refractivity (Wildman–Crippen MR) is 129 cm³/mol. The fourth-order valence-electron chi connectivity index (χ4n) is 4.75. The SMILES string of the molecule is CC(=O)c1ccc(C(c2ccccc2)N2CC(C)N(Cc3ccc(O)cc3)CC2C)cc1. The van der Waals surface area contributed by atoms with E-state index in [9.17, 15) is 9.90 Å². The molecule has 3 unspecified atom stereocenters. The molecule has 1 heterocycles. The summed E-state index contributed by atoms with van der Waals surface area (Å²) in [5, 5.41) is 9.58. The van der Waals surface area contributed by atoms with Gasteiger partial charge in [0.1, 0.15) is 5.75 Å². The van der Waals surface area contributed by atoms with Crippen LogP contribution in [0.25, 0.3) is 0 Å². The number of benzene rings is 3. The van der Waals surface area contributed by atoms with E-state index in [4.69, 9.17) is 0 Å². The van der Waals surface area contributed by atoms with Crippen LogP contribution in [0.1, 0.15) is 53.9 Å². The molecular weight excluding hydrogens is 396 g/mol. The van der Waals surface area contributed by atoms with Crippen molar-refractivity contribution in [3.63, 3.8) is 0 Å². The highest BCUT2D eigenvalue weighted by Crippen LogP contribution is 2.33. The molecule has 1 aliphatic heterocycles. The summed E-state index contributed by atoms with van der Waals surface area (Å²) < 4.78 is 0. The summed E-state index contributed by atoms with van der Waals surface area (Å²) >= 11 is 0. The maximum absolute atomic E-state index is 11.8. The van der Waals surface area contributed by atoms with E-state index in [0.717, 1.165) is 25.2 Å². The number of hydrogen-bond donors (Lipinski definition) is 1. The second kappa shape index (κ2) is 9.68. The van der Waals surface area contributed by atoms with Crippen LogP contribution in [0.3, 0.4) is 0 Å². The van der Waals surface area contributed by atoms with Crippen molar-refractivity contribution >= 4 is 5.78 Å². The van der Waals surface area contributed by atoms with E-state index in [-0.39, 0.29) is 11.8 Å². The number of piperazine rings is 1. The van der Waals surface area contributed by atoms with Crippen LogP contribution in [0, 0.1) is 0 Å². The summed E-state index contributed by atoms with van der Waals surface area (Å²) in [6.45, 7) is 9.00. The third-order valence-electron chi connectivity index (χ3n) is 6.57. The fraction of sp³-hybridized carbons (Fsp3) is 0.321. The number of nitrogens with zero attached hydrogens (tertiary/aromatic N) is 2. The first-order valence-corrected chi connectivity index (χ1v) is 11.4. The van der Waals surface area contributed by atoms with Crippen LogP contribution in [0.5, 0.6) is 5.75 Å². The van der Waals surface area contributed by atoms with E-state index in [1.54, 1.807) is 19.1 Å². The van der Waals surface area contributed by atoms with Gasteiger partial charge in [-0.25, -0.2) is 0 Å². The molecule has 4 rings (SSSR count). The number of phenols is 1. The van der Waals surface area contributed by atoms with Crippen molar-refractivity contribution in [2.75, 3.05) is 13.1 Å². The monoisotopic (exact) mass is 428 g/mol. The molecule has 4 heteroatoms. The first-order chi connectivity index (χ1) is 15.4. The molecule has 0 amide bonds. The maximum Gasteiger partial charge on any atom is 0.159 e. The third-order valence-corrected chi connectivity index (χ3v) is 6.57. The Kier molecular flexibility index (Phi) is 6.73. The minimum atomic E-state index is 0.0950. The van der Waals surface area contributed by atoms with Crippen molar-refractivity contribution < 1.29 is 9.90 Å². The standard InChI is InChI=1S/C28H32N2O2/c1-20-18-30(21(2)17-29(20)19-23-9-15-27(32)16-10-23)28(25-7-5-4-6-8-25)26-13-11-24(12-14-26)22(3)31/h4-16,20-21,28,32H,17-19H2,1-3H3. The molecule has 1 N–H and O–H groups in total. The second-order valence-electron chi connectivity index (χ2n) is 8.98. The Balaban J connectivity index is 1.59. The summed E-state index contributed by atoms with van der Waals surface area (Å²) in [7, 11) is 0. The van der Waals surface area contributed by atoms with Crippen molar-refractivity contribution in [1.82, 2.24) is 9.80 Å². The average molecular weight is 429 g/mol. The molecule has 4 nitrogen and oxygen atoms in total. The van der Waals surface area contributed by atoms with Gasteiger partial charge in [-0.05, 0) is 49.6 Å². The number of phenolic OH excluding ortho intramolecular Hbond substituents is 1. The van der Waals surface area contributed by atoms with Gasteiger partial charge in [-0.3, -0.25) is 14.6 Å². The molecule has 166 valence electrons. The molecule has 1 fully saturated rings. The second-order valence-corrected chi connectivity index (χ2v) is 8.98. The zero-order valence-corrected chi connectivity index (χ0v) is 19.1. The van der Waals surface area contributed by atoms with E-state index in [2.05, 4.69) is 66.1 Å². The Morgan fingerprint density at radius 2 is 1.50 bits per heavy atom. The lowest BCUT2D eigenvalue weighted by Gasteiger charge is -2.47. The number of ketones is 1. The van der Waals surface area contributed by atoms with Crippen LogP contribution in [0.4, 0.5) is 0 Å². The van der Waals surface area contributed by atoms with E-state index in [1.165, 1.54) is 16.7 Å². The van der Waals surface area contributed by atoms with Gasteiger partial charge in [0.05, 0.1) is 6.04 Å². The summed E-state index contributed by atoms with van der Waals surface area (Å²) in [6, 6.07) is 27.2. The van der Waals surface area contributed by atoms with Crippen LogP contribution in [0.15, 0.2) is 78.9 Å². The lowest BCUT2D eigenvalue weighted by atomic mass is 9.92. The molecule has 32 heavy (non-hydrogen) atoms. The van der Waals surface area contributed by atoms with Crippen LogP contribution < -0.4 is 0 Å². The molecule has 0 bridgehead atoms. The predicted octanol–water partition coefficient (Wildman–Crippen LogP) is 5.28. The molecule has 0 aliphatic carbocycles. The first-order valence-electron chi connectivity index (χ1n) is 11.4. The first kappa shape index (κ1) is 22.3. The maximum atomic E-state index is 11.8. The number of carbonyl (C=O) groups excluding carboxylic acids is 1. The van der Waals surface area contributed by atoms with Gasteiger partial charge in [-0.1, -0.05) is 66.7 Å². The zero-order valence-electron chi connectivity index (χ0n) is 19.1. The van der Waals surface area contributed by atoms with Gasteiger partial charge in [-0.2, -0.15) is 0 Å². The van der Waals surface area contributed by atoms with Crippen molar-refractivity contribution in [1.29, 1.82) is 0 Å². The van der Waals surface area contributed by atoms with Gasteiger partial charge in [0.2, 0.25) is 0 Å². The number of hydrogen-bond acceptors (Lipinski definition) is 4. The largest absolute Gasteiger partial charge is 0.508 e. The van der Waals surface area contributed by atoms with E-state index < -0.39 is 0 Å². The fourth-order valence-corrected chi connectivity index (χ4v) is 4.75. The Bertz CT molecular complexity index is 1030. The molecule has 0 saturated carbocycles. The molecule has 0 radical (unpaired) electrons. The van der Waals surface area contributed by atoms with E-state index in [0.29, 0.717) is 17.8 Å². The summed E-state index contributed by atoms with van der Waals surface area (Å²) in [5.41, 5.74) is 4.46. The van der Waals surface area contributed by atoms with Gasteiger partial charge in [0.15, 0.2) is 5.78 Å². The van der Waals surface area contributed by atoms with Crippen molar-refractivity contribution in [2.24, 2.45) is 0 Å². The van der Waals surface area contributed by atoms with Crippen molar-refractivity contribution in [3.05, 3.63) is 101 Å². The van der Waals surface area contributed by atoms with Crippen LogP contribution in [-0.2, 0) is 6.54 Å². The highest BCUT2D eigenvalue weighted by atomic mass is 16.3. The van der Waals surface area contributed by atoms with Crippen LogP contribution >= 0.6 is 0 Å². The lowest BCUT2D eigenvalue weighted by Crippen LogP contribution is -2.56. The highest BCUT2D eigenvalue weighted by molar-refractivity contribution is 5.94.